The molecule has 0 amide bonds. The first-order valence-electron chi connectivity index (χ1n) is 7.50. The quantitative estimate of drug-likeness (QED) is 0.798. The highest BCUT2D eigenvalue weighted by molar-refractivity contribution is 5.50. The van der Waals surface area contributed by atoms with Gasteiger partial charge in [-0.2, -0.15) is 0 Å². The number of hydroxylamine groups is 2. The summed E-state index contributed by atoms with van der Waals surface area (Å²) in [5, 5.41) is 2.05. The summed E-state index contributed by atoms with van der Waals surface area (Å²) in [4.78, 5) is 6.12. The number of hydrogen-bond acceptors (Lipinski definition) is 4. The minimum atomic E-state index is -0.125. The van der Waals surface area contributed by atoms with Crippen molar-refractivity contribution >= 4 is 0 Å². The van der Waals surface area contributed by atoms with E-state index in [4.69, 9.17) is 14.3 Å². The van der Waals surface area contributed by atoms with Crippen LogP contribution >= 0.6 is 0 Å². The van der Waals surface area contributed by atoms with Crippen LogP contribution in [0.1, 0.15) is 37.9 Å². The van der Waals surface area contributed by atoms with Gasteiger partial charge < -0.3 is 14.3 Å². The standard InChI is InChI=1S/C18H19NO3/c1-18(2,3)19-17(13-6-4-5-7-14(13)22-19)12-8-9-15-16(10-12)21-11-20-15/h4-10,17H,11H2,1-3H3. The Hall–Kier alpha value is -2.20. The summed E-state index contributed by atoms with van der Waals surface area (Å²) in [5.41, 5.74) is 2.19. The minimum absolute atomic E-state index is 0.0469. The average molecular weight is 297 g/mol. The van der Waals surface area contributed by atoms with E-state index in [1.54, 1.807) is 0 Å². The molecular formula is C18H19NO3. The highest BCUT2D eigenvalue weighted by Gasteiger charge is 2.40. The second-order valence-electron chi connectivity index (χ2n) is 6.64. The zero-order valence-electron chi connectivity index (χ0n) is 13.0. The van der Waals surface area contributed by atoms with Gasteiger partial charge in [-0.15, -0.1) is 5.06 Å². The maximum atomic E-state index is 6.12. The van der Waals surface area contributed by atoms with E-state index in [-0.39, 0.29) is 11.6 Å². The zero-order valence-corrected chi connectivity index (χ0v) is 13.0. The van der Waals surface area contributed by atoms with Crippen molar-refractivity contribution in [3.63, 3.8) is 0 Å². The Morgan fingerprint density at radius 1 is 0.955 bits per heavy atom. The van der Waals surface area contributed by atoms with Crippen LogP contribution in [0.5, 0.6) is 17.2 Å². The Balaban J connectivity index is 1.83. The number of benzene rings is 2. The van der Waals surface area contributed by atoms with Crippen LogP contribution < -0.4 is 14.3 Å². The number of hydrogen-bond donors (Lipinski definition) is 0. The van der Waals surface area contributed by atoms with E-state index in [1.807, 2.05) is 24.3 Å². The van der Waals surface area contributed by atoms with Crippen molar-refractivity contribution in [3.8, 4) is 17.2 Å². The lowest BCUT2D eigenvalue weighted by atomic mass is 9.95. The smallest absolute Gasteiger partial charge is 0.231 e. The van der Waals surface area contributed by atoms with Gasteiger partial charge in [0.25, 0.3) is 0 Å². The Morgan fingerprint density at radius 2 is 1.73 bits per heavy atom. The lowest BCUT2D eigenvalue weighted by molar-refractivity contribution is -0.128. The maximum absolute atomic E-state index is 6.12. The minimum Gasteiger partial charge on any atom is -0.454 e. The molecule has 0 spiro atoms. The molecule has 1 unspecified atom stereocenters. The number of fused-ring (bicyclic) bond motifs is 2. The molecular weight excluding hydrogens is 278 g/mol. The predicted octanol–water partition coefficient (Wildman–Crippen LogP) is 3.91. The summed E-state index contributed by atoms with van der Waals surface area (Å²) < 4.78 is 10.9. The van der Waals surface area contributed by atoms with E-state index in [0.717, 1.165) is 22.8 Å². The molecule has 1 atom stereocenters. The molecule has 0 fully saturated rings. The fraction of sp³-hybridized carbons (Fsp3) is 0.333. The molecule has 0 radical (unpaired) electrons. The lowest BCUT2D eigenvalue weighted by Crippen LogP contribution is -2.43. The lowest BCUT2D eigenvalue weighted by Gasteiger charge is -2.34. The first-order chi connectivity index (χ1) is 10.5. The van der Waals surface area contributed by atoms with E-state index in [9.17, 15) is 0 Å². The van der Waals surface area contributed by atoms with Gasteiger partial charge in [0.15, 0.2) is 17.2 Å². The monoisotopic (exact) mass is 297 g/mol. The Bertz CT molecular complexity index is 721. The second-order valence-corrected chi connectivity index (χ2v) is 6.64. The topological polar surface area (TPSA) is 30.9 Å². The fourth-order valence-electron chi connectivity index (χ4n) is 3.00. The van der Waals surface area contributed by atoms with E-state index in [0.29, 0.717) is 6.79 Å². The van der Waals surface area contributed by atoms with Crippen LogP contribution in [0.2, 0.25) is 0 Å². The molecule has 2 heterocycles. The number of rotatable bonds is 1. The molecule has 114 valence electrons. The summed E-state index contributed by atoms with van der Waals surface area (Å²) >= 11 is 0. The van der Waals surface area contributed by atoms with Crippen LogP contribution in [0.15, 0.2) is 42.5 Å². The molecule has 0 N–H and O–H groups in total. The van der Waals surface area contributed by atoms with Crippen molar-refractivity contribution in [1.29, 1.82) is 0 Å². The molecule has 0 saturated heterocycles. The van der Waals surface area contributed by atoms with Gasteiger partial charge in [-0.1, -0.05) is 24.3 Å². The summed E-state index contributed by atoms with van der Waals surface area (Å²) in [6, 6.07) is 14.3. The maximum Gasteiger partial charge on any atom is 0.231 e. The summed E-state index contributed by atoms with van der Waals surface area (Å²) in [7, 11) is 0. The van der Waals surface area contributed by atoms with Crippen LogP contribution in [0.3, 0.4) is 0 Å². The van der Waals surface area contributed by atoms with Crippen molar-refractivity contribution in [2.24, 2.45) is 0 Å². The molecule has 2 aliphatic heterocycles. The zero-order chi connectivity index (χ0) is 15.3. The summed E-state index contributed by atoms with van der Waals surface area (Å²) in [6.07, 6.45) is 0. The van der Waals surface area contributed by atoms with Gasteiger partial charge in [0.05, 0.1) is 0 Å². The van der Waals surface area contributed by atoms with E-state index >= 15 is 0 Å². The predicted molar refractivity (Wildman–Crippen MR) is 83.1 cm³/mol. The molecule has 0 saturated carbocycles. The van der Waals surface area contributed by atoms with E-state index < -0.39 is 0 Å². The van der Waals surface area contributed by atoms with E-state index in [1.165, 1.54) is 5.56 Å². The van der Waals surface area contributed by atoms with Crippen LogP contribution in [-0.2, 0) is 0 Å². The third-order valence-corrected chi connectivity index (χ3v) is 4.02. The molecule has 22 heavy (non-hydrogen) atoms. The SMILES string of the molecule is CC(C)(C)N1Oc2ccccc2C1c1ccc2c(c1)OCO2. The average Bonchev–Trinajstić information content (AvgIpc) is 3.10. The third-order valence-electron chi connectivity index (χ3n) is 4.02. The van der Waals surface area contributed by atoms with Gasteiger partial charge in [-0.25, -0.2) is 0 Å². The Morgan fingerprint density at radius 3 is 2.55 bits per heavy atom. The van der Waals surface area contributed by atoms with Crippen molar-refractivity contribution in [2.75, 3.05) is 6.79 Å². The summed E-state index contributed by atoms with van der Waals surface area (Å²) in [5.74, 6) is 2.52. The highest BCUT2D eigenvalue weighted by atomic mass is 16.7. The van der Waals surface area contributed by atoms with Crippen LogP contribution in [0.25, 0.3) is 0 Å². The molecule has 2 aromatic carbocycles. The molecule has 4 heteroatoms. The normalized spacial score (nSPS) is 19.9. The molecule has 0 aliphatic carbocycles. The van der Waals surface area contributed by atoms with Crippen molar-refractivity contribution in [3.05, 3.63) is 53.6 Å². The van der Waals surface area contributed by atoms with Gasteiger partial charge in [0.1, 0.15) is 6.04 Å². The Kier molecular flexibility index (Phi) is 2.84. The van der Waals surface area contributed by atoms with Gasteiger partial charge in [-0.3, -0.25) is 0 Å². The molecule has 0 bridgehead atoms. The van der Waals surface area contributed by atoms with Crippen LogP contribution in [-0.4, -0.2) is 17.4 Å². The van der Waals surface area contributed by atoms with Gasteiger partial charge >= 0.3 is 0 Å². The molecule has 4 rings (SSSR count). The number of ether oxygens (including phenoxy) is 2. The second kappa shape index (κ2) is 4.65. The van der Waals surface area contributed by atoms with Gasteiger partial charge in [0.2, 0.25) is 6.79 Å². The number of nitrogens with zero attached hydrogens (tertiary/aromatic N) is 1. The highest BCUT2D eigenvalue weighted by Crippen LogP contribution is 2.46. The summed E-state index contributed by atoms with van der Waals surface area (Å²) in [6.45, 7) is 6.75. The number of para-hydroxylation sites is 1. The first kappa shape index (κ1) is 13.5. The van der Waals surface area contributed by atoms with Gasteiger partial charge in [0, 0.05) is 11.1 Å². The van der Waals surface area contributed by atoms with Crippen molar-refractivity contribution in [1.82, 2.24) is 5.06 Å². The van der Waals surface area contributed by atoms with Crippen molar-refractivity contribution in [2.45, 2.75) is 32.4 Å². The first-order valence-corrected chi connectivity index (χ1v) is 7.50. The Labute approximate surface area is 130 Å². The molecule has 2 aliphatic rings. The van der Waals surface area contributed by atoms with Gasteiger partial charge in [-0.05, 0) is 44.5 Å². The largest absolute Gasteiger partial charge is 0.454 e. The van der Waals surface area contributed by atoms with Crippen molar-refractivity contribution < 1.29 is 14.3 Å². The fourth-order valence-corrected chi connectivity index (χ4v) is 3.00. The van der Waals surface area contributed by atoms with Crippen LogP contribution in [0.4, 0.5) is 0 Å². The van der Waals surface area contributed by atoms with E-state index in [2.05, 4.69) is 44.0 Å². The molecule has 0 aromatic heterocycles. The third kappa shape index (κ3) is 2.03. The molecule has 4 nitrogen and oxygen atoms in total. The van der Waals surface area contributed by atoms with Crippen LogP contribution in [0, 0.1) is 0 Å². The molecule has 2 aromatic rings.